The fourth-order valence-corrected chi connectivity index (χ4v) is 3.05. The number of hydrogen-bond acceptors (Lipinski definition) is 4. The molecule has 1 saturated carbocycles. The quantitative estimate of drug-likeness (QED) is 0.846. The SMILES string of the molecule is Cc1nc(CSCC2(CC(=O)O)CC2)oc1C. The van der Waals surface area contributed by atoms with Crippen LogP contribution in [0, 0.1) is 19.3 Å². The number of carboxylic acid groups (broad SMARTS) is 1. The van der Waals surface area contributed by atoms with Gasteiger partial charge in [-0.15, -0.1) is 0 Å². The normalized spacial score (nSPS) is 17.1. The highest BCUT2D eigenvalue weighted by Crippen LogP contribution is 2.51. The van der Waals surface area contributed by atoms with E-state index in [9.17, 15) is 4.79 Å². The molecule has 1 aliphatic carbocycles. The van der Waals surface area contributed by atoms with Gasteiger partial charge in [-0.2, -0.15) is 11.8 Å². The van der Waals surface area contributed by atoms with Gasteiger partial charge in [-0.1, -0.05) is 0 Å². The summed E-state index contributed by atoms with van der Waals surface area (Å²) < 4.78 is 5.48. The van der Waals surface area contributed by atoms with Crippen molar-refractivity contribution in [3.8, 4) is 0 Å². The summed E-state index contributed by atoms with van der Waals surface area (Å²) in [5, 5.41) is 8.81. The Kier molecular flexibility index (Phi) is 3.47. The maximum Gasteiger partial charge on any atom is 0.303 e. The zero-order chi connectivity index (χ0) is 12.5. The topological polar surface area (TPSA) is 63.3 Å². The van der Waals surface area contributed by atoms with Crippen LogP contribution in [0.5, 0.6) is 0 Å². The minimum Gasteiger partial charge on any atom is -0.481 e. The molecule has 0 unspecified atom stereocenters. The second-order valence-electron chi connectivity index (χ2n) is 4.81. The molecule has 1 fully saturated rings. The van der Waals surface area contributed by atoms with Crippen molar-refractivity contribution in [2.45, 2.75) is 38.9 Å². The molecule has 1 aliphatic rings. The van der Waals surface area contributed by atoms with Crippen molar-refractivity contribution in [3.05, 3.63) is 17.3 Å². The van der Waals surface area contributed by atoms with Gasteiger partial charge in [0.05, 0.1) is 17.9 Å². The average Bonchev–Trinajstić information content (AvgIpc) is 2.88. The number of thioether (sulfide) groups is 1. The van der Waals surface area contributed by atoms with E-state index in [1.807, 2.05) is 13.8 Å². The minimum absolute atomic E-state index is 0.0488. The lowest BCUT2D eigenvalue weighted by Crippen LogP contribution is -2.11. The summed E-state index contributed by atoms with van der Waals surface area (Å²) in [6, 6.07) is 0. The van der Waals surface area contributed by atoms with E-state index in [4.69, 9.17) is 9.52 Å². The Balaban J connectivity index is 1.78. The van der Waals surface area contributed by atoms with E-state index in [0.717, 1.165) is 41.7 Å². The van der Waals surface area contributed by atoms with Gasteiger partial charge in [-0.05, 0) is 37.9 Å². The summed E-state index contributed by atoms with van der Waals surface area (Å²) in [7, 11) is 0. The molecule has 5 heteroatoms. The Labute approximate surface area is 105 Å². The smallest absolute Gasteiger partial charge is 0.303 e. The Hall–Kier alpha value is -0.970. The third kappa shape index (κ3) is 3.25. The largest absolute Gasteiger partial charge is 0.481 e. The van der Waals surface area contributed by atoms with E-state index in [2.05, 4.69) is 4.98 Å². The van der Waals surface area contributed by atoms with E-state index in [1.165, 1.54) is 0 Å². The van der Waals surface area contributed by atoms with E-state index in [-0.39, 0.29) is 5.41 Å². The van der Waals surface area contributed by atoms with Crippen molar-refractivity contribution in [2.75, 3.05) is 5.75 Å². The summed E-state index contributed by atoms with van der Waals surface area (Å²) in [6.07, 6.45) is 2.37. The van der Waals surface area contributed by atoms with Crippen molar-refractivity contribution in [1.82, 2.24) is 4.98 Å². The summed E-state index contributed by atoms with van der Waals surface area (Å²) in [4.78, 5) is 15.0. The maximum absolute atomic E-state index is 10.7. The van der Waals surface area contributed by atoms with Gasteiger partial charge in [0, 0.05) is 0 Å². The molecular formula is C12H17NO3S. The molecule has 17 heavy (non-hydrogen) atoms. The second kappa shape index (κ2) is 4.72. The number of nitrogens with zero attached hydrogens (tertiary/aromatic N) is 1. The van der Waals surface area contributed by atoms with Crippen molar-refractivity contribution < 1.29 is 14.3 Å². The summed E-state index contributed by atoms with van der Waals surface area (Å²) >= 11 is 1.72. The third-order valence-electron chi connectivity index (χ3n) is 3.19. The van der Waals surface area contributed by atoms with E-state index >= 15 is 0 Å². The summed E-state index contributed by atoms with van der Waals surface area (Å²) in [5.41, 5.74) is 0.986. The first-order valence-electron chi connectivity index (χ1n) is 5.73. The first-order valence-corrected chi connectivity index (χ1v) is 6.89. The molecule has 1 heterocycles. The molecular weight excluding hydrogens is 238 g/mol. The van der Waals surface area contributed by atoms with E-state index in [0.29, 0.717) is 6.42 Å². The molecule has 1 N–H and O–H groups in total. The first kappa shape index (κ1) is 12.5. The standard InChI is InChI=1S/C12H17NO3S/c1-8-9(2)16-10(13-8)6-17-7-12(3-4-12)5-11(14)15/h3-7H2,1-2H3,(H,14,15). The van der Waals surface area contributed by atoms with E-state index < -0.39 is 5.97 Å². The van der Waals surface area contributed by atoms with Gasteiger partial charge < -0.3 is 9.52 Å². The monoisotopic (exact) mass is 255 g/mol. The number of hydrogen-bond donors (Lipinski definition) is 1. The molecule has 0 amide bonds. The fraction of sp³-hybridized carbons (Fsp3) is 0.667. The molecule has 2 rings (SSSR count). The zero-order valence-corrected chi connectivity index (χ0v) is 11.0. The van der Waals surface area contributed by atoms with Crippen LogP contribution >= 0.6 is 11.8 Å². The molecule has 1 aromatic rings. The van der Waals surface area contributed by atoms with Gasteiger partial charge in [0.1, 0.15) is 5.76 Å². The maximum atomic E-state index is 10.7. The van der Waals surface area contributed by atoms with Gasteiger partial charge in [0.2, 0.25) is 5.89 Å². The molecule has 0 spiro atoms. The van der Waals surface area contributed by atoms with Crippen LogP contribution in [0.25, 0.3) is 0 Å². The number of aliphatic carboxylic acids is 1. The van der Waals surface area contributed by atoms with Gasteiger partial charge in [0.15, 0.2) is 0 Å². The number of carbonyl (C=O) groups is 1. The third-order valence-corrected chi connectivity index (χ3v) is 4.46. The Morgan fingerprint density at radius 2 is 2.24 bits per heavy atom. The van der Waals surface area contributed by atoms with Crippen molar-refractivity contribution in [2.24, 2.45) is 5.41 Å². The summed E-state index contributed by atoms with van der Waals surface area (Å²) in [5.74, 6) is 2.55. The van der Waals surface area contributed by atoms with Gasteiger partial charge in [0.25, 0.3) is 0 Å². The number of aryl methyl sites for hydroxylation is 2. The van der Waals surface area contributed by atoms with Crippen molar-refractivity contribution in [3.63, 3.8) is 0 Å². The van der Waals surface area contributed by atoms with Crippen LogP contribution in [0.2, 0.25) is 0 Å². The highest BCUT2D eigenvalue weighted by Gasteiger charge is 2.44. The lowest BCUT2D eigenvalue weighted by Gasteiger charge is -2.10. The lowest BCUT2D eigenvalue weighted by atomic mass is 10.1. The van der Waals surface area contributed by atoms with Crippen LogP contribution in [0.1, 0.15) is 36.6 Å². The van der Waals surface area contributed by atoms with Crippen molar-refractivity contribution in [1.29, 1.82) is 0 Å². The van der Waals surface area contributed by atoms with Crippen LogP contribution in [-0.4, -0.2) is 21.8 Å². The van der Waals surface area contributed by atoms with Gasteiger partial charge >= 0.3 is 5.97 Å². The van der Waals surface area contributed by atoms with Crippen LogP contribution in [-0.2, 0) is 10.5 Å². The Morgan fingerprint density at radius 3 is 2.71 bits per heavy atom. The van der Waals surface area contributed by atoms with Crippen LogP contribution in [0.4, 0.5) is 0 Å². The number of aromatic nitrogens is 1. The highest BCUT2D eigenvalue weighted by atomic mass is 32.2. The molecule has 4 nitrogen and oxygen atoms in total. The van der Waals surface area contributed by atoms with E-state index in [1.54, 1.807) is 11.8 Å². The highest BCUT2D eigenvalue weighted by molar-refractivity contribution is 7.98. The number of oxazole rings is 1. The molecule has 0 aromatic carbocycles. The number of carboxylic acids is 1. The second-order valence-corrected chi connectivity index (χ2v) is 5.80. The molecule has 0 aliphatic heterocycles. The van der Waals surface area contributed by atoms with Crippen molar-refractivity contribution >= 4 is 17.7 Å². The molecule has 0 bridgehead atoms. The zero-order valence-electron chi connectivity index (χ0n) is 10.2. The summed E-state index contributed by atoms with van der Waals surface area (Å²) in [6.45, 7) is 3.84. The lowest BCUT2D eigenvalue weighted by molar-refractivity contribution is -0.138. The predicted octanol–water partition coefficient (Wildman–Crippen LogP) is 2.78. The Bertz CT molecular complexity index is 404. The molecule has 0 atom stereocenters. The molecule has 0 saturated heterocycles. The minimum atomic E-state index is -0.689. The van der Waals surface area contributed by atoms with Crippen LogP contribution in [0.3, 0.4) is 0 Å². The average molecular weight is 255 g/mol. The Morgan fingerprint density at radius 1 is 1.53 bits per heavy atom. The van der Waals surface area contributed by atoms with Crippen LogP contribution < -0.4 is 0 Å². The number of rotatable bonds is 6. The first-order chi connectivity index (χ1) is 8.01. The van der Waals surface area contributed by atoms with Gasteiger partial charge in [-0.3, -0.25) is 4.79 Å². The molecule has 0 radical (unpaired) electrons. The fourth-order valence-electron chi connectivity index (χ4n) is 1.83. The molecule has 94 valence electrons. The van der Waals surface area contributed by atoms with Crippen LogP contribution in [0.15, 0.2) is 4.42 Å². The van der Waals surface area contributed by atoms with Gasteiger partial charge in [-0.25, -0.2) is 4.98 Å². The molecule has 1 aromatic heterocycles. The predicted molar refractivity (Wildman–Crippen MR) is 66.1 cm³/mol.